The van der Waals surface area contributed by atoms with Crippen molar-refractivity contribution in [3.63, 3.8) is 0 Å². The second kappa shape index (κ2) is 8.23. The zero-order chi connectivity index (χ0) is 20.4. The van der Waals surface area contributed by atoms with Crippen molar-refractivity contribution in [2.45, 2.75) is 0 Å². The highest BCUT2D eigenvalue weighted by molar-refractivity contribution is 9.11. The van der Waals surface area contributed by atoms with Crippen LogP contribution in [0.3, 0.4) is 0 Å². The van der Waals surface area contributed by atoms with Crippen molar-refractivity contribution in [2.75, 3.05) is 5.32 Å². The van der Waals surface area contributed by atoms with Gasteiger partial charge in [-0.1, -0.05) is 40.2 Å². The van der Waals surface area contributed by atoms with Gasteiger partial charge in [0.15, 0.2) is 5.76 Å². The van der Waals surface area contributed by atoms with Gasteiger partial charge in [-0.25, -0.2) is 0 Å². The first-order valence-electron chi connectivity index (χ1n) is 8.62. The number of nitrogens with zero attached hydrogens (tertiary/aromatic N) is 1. The second-order valence-electron chi connectivity index (χ2n) is 6.24. The van der Waals surface area contributed by atoms with Crippen molar-refractivity contribution >= 4 is 66.3 Å². The number of nitrogens with one attached hydrogen (secondary N) is 1. The third kappa shape index (κ3) is 4.41. The fourth-order valence-electron chi connectivity index (χ4n) is 2.78. The maximum absolute atomic E-state index is 12.5. The van der Waals surface area contributed by atoms with E-state index in [4.69, 9.17) is 4.42 Å². The van der Waals surface area contributed by atoms with E-state index in [1.54, 1.807) is 48.7 Å². The van der Waals surface area contributed by atoms with E-state index in [-0.39, 0.29) is 17.4 Å². The number of carbonyl (C=O) groups excluding carboxylic acids is 1. The van der Waals surface area contributed by atoms with Gasteiger partial charge in [0, 0.05) is 27.3 Å². The Kier molecular flexibility index (Phi) is 5.51. The predicted molar refractivity (Wildman–Crippen MR) is 121 cm³/mol. The lowest BCUT2D eigenvalue weighted by atomic mass is 10.2. The second-order valence-corrected chi connectivity index (χ2v) is 8.01. The number of carbonyl (C=O) groups is 1. The number of aromatic hydroxyl groups is 1. The van der Waals surface area contributed by atoms with Crippen molar-refractivity contribution in [1.29, 1.82) is 0 Å². The standard InChI is InChI=1S/C22H14Br2N2O3/c23-15-8-14(21(27)18(24)10-15)12-25-16-5-3-6-17(11-16)26-22(28)20-9-13-4-1-2-7-19(13)29-20/h1-12,27H,(H,26,28). The van der Waals surface area contributed by atoms with Crippen LogP contribution >= 0.6 is 31.9 Å². The van der Waals surface area contributed by atoms with Crippen molar-refractivity contribution < 1.29 is 14.3 Å². The van der Waals surface area contributed by atoms with Crippen molar-refractivity contribution in [3.8, 4) is 5.75 Å². The van der Waals surface area contributed by atoms with E-state index < -0.39 is 0 Å². The third-order valence-corrected chi connectivity index (χ3v) is 5.23. The molecule has 0 aliphatic rings. The van der Waals surface area contributed by atoms with Crippen LogP contribution in [-0.2, 0) is 0 Å². The Bertz CT molecular complexity index is 1220. The number of furan rings is 1. The number of para-hydroxylation sites is 1. The summed E-state index contributed by atoms with van der Waals surface area (Å²) in [6.45, 7) is 0. The zero-order valence-corrected chi connectivity index (χ0v) is 18.1. The SMILES string of the molecule is O=C(Nc1cccc(N=Cc2cc(Br)cc(Br)c2O)c1)c1cc2ccccc2o1. The molecule has 1 heterocycles. The topological polar surface area (TPSA) is 74.8 Å². The van der Waals surface area contributed by atoms with Gasteiger partial charge in [-0.15, -0.1) is 0 Å². The molecule has 0 bridgehead atoms. The van der Waals surface area contributed by atoms with Crippen LogP contribution in [0.5, 0.6) is 5.75 Å². The molecule has 0 atom stereocenters. The van der Waals surface area contributed by atoms with Crippen LogP contribution in [-0.4, -0.2) is 17.2 Å². The van der Waals surface area contributed by atoms with Crippen LogP contribution < -0.4 is 5.32 Å². The fraction of sp³-hybridized carbons (Fsp3) is 0. The Hall–Kier alpha value is -2.90. The lowest BCUT2D eigenvalue weighted by Crippen LogP contribution is -2.10. The summed E-state index contributed by atoms with van der Waals surface area (Å²) in [5, 5.41) is 13.8. The highest BCUT2D eigenvalue weighted by Gasteiger charge is 2.12. The number of phenols is 1. The molecule has 0 spiro atoms. The molecule has 0 unspecified atom stereocenters. The van der Waals surface area contributed by atoms with Crippen LogP contribution in [0.2, 0.25) is 0 Å². The maximum Gasteiger partial charge on any atom is 0.291 e. The summed E-state index contributed by atoms with van der Waals surface area (Å²) < 4.78 is 6.98. The minimum absolute atomic E-state index is 0.103. The number of benzene rings is 3. The number of halogens is 2. The molecule has 1 amide bonds. The smallest absolute Gasteiger partial charge is 0.291 e. The van der Waals surface area contributed by atoms with E-state index in [0.29, 0.717) is 27.0 Å². The number of hydrogen-bond donors (Lipinski definition) is 2. The van der Waals surface area contributed by atoms with Crippen LogP contribution in [0.1, 0.15) is 16.1 Å². The van der Waals surface area contributed by atoms with Crippen molar-refractivity contribution in [2.24, 2.45) is 4.99 Å². The molecule has 1 aromatic heterocycles. The van der Waals surface area contributed by atoms with E-state index in [1.807, 2.05) is 24.3 Å². The summed E-state index contributed by atoms with van der Waals surface area (Å²) in [7, 11) is 0. The summed E-state index contributed by atoms with van der Waals surface area (Å²) in [4.78, 5) is 16.9. The highest BCUT2D eigenvalue weighted by atomic mass is 79.9. The minimum Gasteiger partial charge on any atom is -0.506 e. The number of hydrogen-bond acceptors (Lipinski definition) is 4. The van der Waals surface area contributed by atoms with Gasteiger partial charge >= 0.3 is 0 Å². The molecule has 0 aliphatic carbocycles. The molecule has 0 saturated carbocycles. The molecule has 29 heavy (non-hydrogen) atoms. The summed E-state index contributed by atoms with van der Waals surface area (Å²) in [6.07, 6.45) is 1.56. The number of phenolic OH excluding ortho intramolecular Hbond substituents is 1. The van der Waals surface area contributed by atoms with Gasteiger partial charge in [0.05, 0.1) is 10.2 Å². The molecule has 0 fully saturated rings. The number of amides is 1. The first-order valence-corrected chi connectivity index (χ1v) is 10.2. The monoisotopic (exact) mass is 512 g/mol. The predicted octanol–water partition coefficient (Wildman–Crippen LogP) is 6.67. The molecule has 0 aliphatic heterocycles. The normalized spacial score (nSPS) is 11.2. The first kappa shape index (κ1) is 19.4. The van der Waals surface area contributed by atoms with Crippen LogP contribution in [0.15, 0.2) is 85.1 Å². The van der Waals surface area contributed by atoms with Gasteiger partial charge < -0.3 is 14.8 Å². The van der Waals surface area contributed by atoms with E-state index in [1.165, 1.54) is 0 Å². The number of fused-ring (bicyclic) bond motifs is 1. The Morgan fingerprint density at radius 2 is 1.86 bits per heavy atom. The van der Waals surface area contributed by atoms with Crippen LogP contribution in [0.25, 0.3) is 11.0 Å². The number of anilines is 1. The van der Waals surface area contributed by atoms with Gasteiger partial charge in [-0.05, 0) is 58.4 Å². The van der Waals surface area contributed by atoms with Gasteiger partial charge in [0.25, 0.3) is 5.91 Å². The Balaban J connectivity index is 1.53. The van der Waals surface area contributed by atoms with Crippen LogP contribution in [0.4, 0.5) is 11.4 Å². The highest BCUT2D eigenvalue weighted by Crippen LogP contribution is 2.31. The first-order chi connectivity index (χ1) is 14.0. The largest absolute Gasteiger partial charge is 0.506 e. The zero-order valence-electron chi connectivity index (χ0n) is 14.9. The third-order valence-electron chi connectivity index (χ3n) is 4.16. The molecule has 3 aromatic carbocycles. The van der Waals surface area contributed by atoms with Gasteiger partial charge in [0.2, 0.25) is 0 Å². The molecule has 144 valence electrons. The van der Waals surface area contributed by atoms with Crippen molar-refractivity contribution in [1.82, 2.24) is 0 Å². The Labute approximate surface area is 183 Å². The average molecular weight is 514 g/mol. The molecule has 5 nitrogen and oxygen atoms in total. The van der Waals surface area contributed by atoms with Gasteiger partial charge in [-0.3, -0.25) is 9.79 Å². The minimum atomic E-state index is -0.337. The fourth-order valence-corrected chi connectivity index (χ4v) is 4.04. The molecule has 4 aromatic rings. The number of aliphatic imine (C=N–C) groups is 1. The lowest BCUT2D eigenvalue weighted by molar-refractivity contribution is 0.0998. The summed E-state index contributed by atoms with van der Waals surface area (Å²) in [5.41, 5.74) is 2.44. The summed E-state index contributed by atoms with van der Waals surface area (Å²) in [5.74, 6) is 0.00574. The molecule has 7 heteroatoms. The molecule has 4 rings (SSSR count). The molecule has 0 saturated heterocycles. The quantitative estimate of drug-likeness (QED) is 0.299. The van der Waals surface area contributed by atoms with E-state index in [0.717, 1.165) is 9.86 Å². The Morgan fingerprint density at radius 1 is 1.03 bits per heavy atom. The molecular formula is C22H14Br2N2O3. The molecule has 2 N–H and O–H groups in total. The van der Waals surface area contributed by atoms with Crippen LogP contribution in [0, 0.1) is 0 Å². The van der Waals surface area contributed by atoms with Gasteiger partial charge in [0.1, 0.15) is 11.3 Å². The van der Waals surface area contributed by atoms with E-state index in [9.17, 15) is 9.90 Å². The maximum atomic E-state index is 12.5. The van der Waals surface area contributed by atoms with E-state index >= 15 is 0 Å². The van der Waals surface area contributed by atoms with Crippen molar-refractivity contribution in [3.05, 3.63) is 87.0 Å². The molecule has 0 radical (unpaired) electrons. The average Bonchev–Trinajstić information content (AvgIpc) is 3.14. The Morgan fingerprint density at radius 3 is 2.69 bits per heavy atom. The summed E-state index contributed by atoms with van der Waals surface area (Å²) >= 11 is 6.69. The van der Waals surface area contributed by atoms with E-state index in [2.05, 4.69) is 42.2 Å². The number of rotatable bonds is 4. The van der Waals surface area contributed by atoms with Gasteiger partial charge in [-0.2, -0.15) is 0 Å². The molecular weight excluding hydrogens is 500 g/mol. The summed E-state index contributed by atoms with van der Waals surface area (Å²) in [6, 6.07) is 19.8. The lowest BCUT2D eigenvalue weighted by Gasteiger charge is -2.05.